The van der Waals surface area contributed by atoms with Gasteiger partial charge in [0.05, 0.1) is 4.21 Å². The molecule has 4 nitrogen and oxygen atoms in total. The summed E-state index contributed by atoms with van der Waals surface area (Å²) in [4.78, 5) is 17.1. The summed E-state index contributed by atoms with van der Waals surface area (Å²) >= 11 is 3.22. The summed E-state index contributed by atoms with van der Waals surface area (Å²) in [5.74, 6) is 0.594. The number of carbonyl (C=O) groups is 1. The fourth-order valence-corrected chi connectivity index (χ4v) is 7.10. The van der Waals surface area contributed by atoms with E-state index in [0.29, 0.717) is 12.5 Å². The van der Waals surface area contributed by atoms with Gasteiger partial charge in [0.25, 0.3) is 5.91 Å². The number of amides is 1. The molecule has 0 unspecified atom stereocenters. The van der Waals surface area contributed by atoms with Gasteiger partial charge < -0.3 is 10.6 Å². The second-order valence-corrected chi connectivity index (χ2v) is 13.8. The normalized spacial score (nSPS) is 16.1. The number of thioether (sulfide) groups is 1. The van der Waals surface area contributed by atoms with Crippen LogP contribution in [0.25, 0.3) is 10.8 Å². The van der Waals surface area contributed by atoms with Crippen LogP contribution < -0.4 is 5.73 Å². The van der Waals surface area contributed by atoms with Gasteiger partial charge in [-0.1, -0.05) is 40.3 Å². The Morgan fingerprint density at radius 3 is 2.55 bits per heavy atom. The molecule has 4 rings (SSSR count). The molecule has 31 heavy (non-hydrogen) atoms. The van der Waals surface area contributed by atoms with Crippen LogP contribution in [-0.2, 0) is 16.5 Å². The molecule has 1 aliphatic heterocycles. The summed E-state index contributed by atoms with van der Waals surface area (Å²) in [5.41, 5.74) is 8.29. The molecule has 0 saturated carbocycles. The zero-order valence-corrected chi connectivity index (χ0v) is 20.8. The lowest BCUT2D eigenvalue weighted by atomic mass is 9.88. The number of thiol groups is 1. The molecule has 0 bridgehead atoms. The van der Waals surface area contributed by atoms with Crippen LogP contribution in [0.3, 0.4) is 0 Å². The van der Waals surface area contributed by atoms with Crippen LogP contribution in [0.4, 0.5) is 0 Å². The monoisotopic (exact) mass is 474 g/mol. The van der Waals surface area contributed by atoms with E-state index in [9.17, 15) is 9.00 Å². The van der Waals surface area contributed by atoms with Gasteiger partial charge in [-0.05, 0) is 60.8 Å². The largest absolute Gasteiger partial charge is 0.338 e. The van der Waals surface area contributed by atoms with E-state index in [1.165, 1.54) is 5.56 Å². The van der Waals surface area contributed by atoms with Crippen molar-refractivity contribution < 1.29 is 9.00 Å². The molecule has 2 N–H and O–H groups in total. The fourth-order valence-electron chi connectivity index (χ4n) is 4.28. The van der Waals surface area contributed by atoms with Crippen molar-refractivity contribution in [2.45, 2.75) is 34.4 Å². The zero-order chi connectivity index (χ0) is 22.2. The van der Waals surface area contributed by atoms with E-state index in [4.69, 9.17) is 5.73 Å². The average Bonchev–Trinajstić information content (AvgIpc) is 3.16. The van der Waals surface area contributed by atoms with E-state index in [-0.39, 0.29) is 5.91 Å². The lowest BCUT2D eigenvalue weighted by Crippen LogP contribution is -2.37. The maximum atomic E-state index is 13.4. The zero-order valence-electron chi connectivity index (χ0n) is 18.3. The number of nitrogens with zero attached hydrogens (tertiary/aromatic N) is 1. The molecule has 0 aliphatic carbocycles. The molecule has 1 saturated heterocycles. The van der Waals surface area contributed by atoms with E-state index in [0.717, 1.165) is 56.2 Å². The van der Waals surface area contributed by atoms with Crippen molar-refractivity contribution in [3.05, 3.63) is 58.5 Å². The molecule has 1 fully saturated rings. The third-order valence-electron chi connectivity index (χ3n) is 6.10. The summed E-state index contributed by atoms with van der Waals surface area (Å²) in [7, 11) is -2.34. The van der Waals surface area contributed by atoms with Crippen LogP contribution in [0.15, 0.2) is 51.6 Å². The van der Waals surface area contributed by atoms with E-state index in [1.54, 1.807) is 35.6 Å². The predicted octanol–water partition coefficient (Wildman–Crippen LogP) is 4.74. The molecule has 166 valence electrons. The van der Waals surface area contributed by atoms with E-state index in [2.05, 4.69) is 24.3 Å². The first-order valence-electron chi connectivity index (χ1n) is 10.6. The lowest BCUT2D eigenvalue weighted by Gasteiger charge is -2.32. The SMILES string of the molecule is CSc1sc(C(=O)N2CCC(c3cccc(CN)c3)CC2)c2ccc([SH](C)(C)=O)cc12. The van der Waals surface area contributed by atoms with Gasteiger partial charge in [-0.3, -0.25) is 9.00 Å². The van der Waals surface area contributed by atoms with Gasteiger partial charge in [-0.15, -0.1) is 23.1 Å². The van der Waals surface area contributed by atoms with Crippen molar-refractivity contribution in [1.29, 1.82) is 0 Å². The highest BCUT2D eigenvalue weighted by Gasteiger charge is 2.27. The highest BCUT2D eigenvalue weighted by Crippen LogP contribution is 2.40. The summed E-state index contributed by atoms with van der Waals surface area (Å²) in [6.07, 6.45) is 7.55. The number of hydrogen-bond donors (Lipinski definition) is 2. The summed E-state index contributed by atoms with van der Waals surface area (Å²) in [6, 6.07) is 14.5. The van der Waals surface area contributed by atoms with Gasteiger partial charge in [0.15, 0.2) is 0 Å². The Morgan fingerprint density at radius 2 is 1.90 bits per heavy atom. The molecule has 3 aromatic rings. The number of hydrogen-bond acceptors (Lipinski definition) is 5. The van der Waals surface area contributed by atoms with Crippen LogP contribution in [0, 0.1) is 0 Å². The Bertz CT molecular complexity index is 1160. The third-order valence-corrected chi connectivity index (χ3v) is 9.97. The third kappa shape index (κ3) is 4.60. The van der Waals surface area contributed by atoms with Crippen LogP contribution in [0.1, 0.15) is 39.6 Å². The lowest BCUT2D eigenvalue weighted by molar-refractivity contribution is 0.0719. The van der Waals surface area contributed by atoms with Crippen molar-refractivity contribution in [1.82, 2.24) is 4.90 Å². The predicted molar refractivity (Wildman–Crippen MR) is 135 cm³/mol. The maximum Gasteiger partial charge on any atom is 0.264 e. The smallest absolute Gasteiger partial charge is 0.264 e. The number of nitrogens with two attached hydrogens (primary N) is 1. The topological polar surface area (TPSA) is 63.4 Å². The van der Waals surface area contributed by atoms with E-state index in [1.807, 2.05) is 29.4 Å². The van der Waals surface area contributed by atoms with Crippen molar-refractivity contribution in [2.24, 2.45) is 5.73 Å². The fraction of sp³-hybridized carbons (Fsp3) is 0.375. The summed E-state index contributed by atoms with van der Waals surface area (Å²) < 4.78 is 13.7. The summed E-state index contributed by atoms with van der Waals surface area (Å²) in [6.45, 7) is 2.09. The quantitative estimate of drug-likeness (QED) is 0.414. The minimum atomic E-state index is -2.34. The standard InChI is InChI=1S/C24H30N2O2S3/c1-29-24-21-14-19(31(2,3)28)7-8-20(21)22(30-24)23(27)26-11-9-17(10-12-26)18-6-4-5-16(13-18)15-25/h4-8,13-14,17,31H,9-12,15,25H2,1-3H3. The number of fused-ring (bicyclic) bond motifs is 1. The first-order chi connectivity index (χ1) is 14.8. The minimum Gasteiger partial charge on any atom is -0.338 e. The first-order valence-corrected chi connectivity index (χ1v) is 15.2. The number of carbonyl (C=O) groups excluding carboxylic acids is 1. The number of likely N-dealkylation sites (tertiary alicyclic amines) is 1. The average molecular weight is 475 g/mol. The molecule has 1 aromatic heterocycles. The molecular weight excluding hydrogens is 444 g/mol. The number of benzene rings is 2. The Balaban J connectivity index is 1.55. The maximum absolute atomic E-state index is 13.4. The van der Waals surface area contributed by atoms with Crippen LogP contribution in [-0.4, -0.2) is 46.9 Å². The molecule has 7 heteroatoms. The Morgan fingerprint density at radius 1 is 1.16 bits per heavy atom. The van der Waals surface area contributed by atoms with Gasteiger partial charge in [-0.2, -0.15) is 0 Å². The van der Waals surface area contributed by atoms with Crippen LogP contribution in [0.5, 0.6) is 0 Å². The van der Waals surface area contributed by atoms with Crippen molar-refractivity contribution >= 4 is 49.7 Å². The van der Waals surface area contributed by atoms with Gasteiger partial charge >= 0.3 is 0 Å². The van der Waals surface area contributed by atoms with Gasteiger partial charge in [0.1, 0.15) is 4.88 Å². The van der Waals surface area contributed by atoms with Crippen LogP contribution >= 0.6 is 23.1 Å². The molecule has 2 aromatic carbocycles. The van der Waals surface area contributed by atoms with Gasteiger partial charge in [0.2, 0.25) is 0 Å². The number of thiophene rings is 1. The van der Waals surface area contributed by atoms with E-state index < -0.39 is 9.93 Å². The second-order valence-electron chi connectivity index (χ2n) is 8.52. The number of piperidine rings is 1. The van der Waals surface area contributed by atoms with Crippen molar-refractivity contribution in [3.63, 3.8) is 0 Å². The first kappa shape index (κ1) is 22.5. The Labute approximate surface area is 193 Å². The minimum absolute atomic E-state index is 0.119. The molecular formula is C24H30N2O2S3. The number of rotatable bonds is 5. The molecule has 0 radical (unpaired) electrons. The van der Waals surface area contributed by atoms with Crippen LogP contribution in [0.2, 0.25) is 0 Å². The Kier molecular flexibility index (Phi) is 6.58. The molecule has 2 heterocycles. The molecule has 1 amide bonds. The second kappa shape index (κ2) is 9.06. The van der Waals surface area contributed by atoms with Gasteiger partial charge in [0, 0.05) is 35.3 Å². The molecule has 0 atom stereocenters. The van der Waals surface area contributed by atoms with Crippen molar-refractivity contribution in [2.75, 3.05) is 31.9 Å². The summed E-state index contributed by atoms with van der Waals surface area (Å²) in [5, 5.41) is 2.03. The van der Waals surface area contributed by atoms with Gasteiger partial charge in [-0.25, -0.2) is 0 Å². The highest BCUT2D eigenvalue weighted by molar-refractivity contribution is 8.01. The van der Waals surface area contributed by atoms with Crippen molar-refractivity contribution in [3.8, 4) is 0 Å². The van der Waals surface area contributed by atoms with E-state index >= 15 is 0 Å². The molecule has 1 aliphatic rings. The highest BCUT2D eigenvalue weighted by atomic mass is 32.2. The Hall–Kier alpha value is -1.67. The molecule has 0 spiro atoms.